The van der Waals surface area contributed by atoms with E-state index in [4.69, 9.17) is 15.2 Å². The van der Waals surface area contributed by atoms with E-state index in [2.05, 4.69) is 10.3 Å². The normalized spacial score (nSPS) is 10.8. The highest BCUT2D eigenvalue weighted by Gasteiger charge is 2.19. The van der Waals surface area contributed by atoms with Gasteiger partial charge in [-0.1, -0.05) is 6.07 Å². The fourth-order valence-corrected chi connectivity index (χ4v) is 4.50. The number of methoxy groups -OCH3 is 2. The van der Waals surface area contributed by atoms with Crippen LogP contribution in [0.2, 0.25) is 0 Å². The molecule has 1 amide bonds. The van der Waals surface area contributed by atoms with Gasteiger partial charge in [0, 0.05) is 11.5 Å². The van der Waals surface area contributed by atoms with Crippen molar-refractivity contribution in [1.82, 2.24) is 4.98 Å². The Morgan fingerprint density at radius 1 is 1.14 bits per heavy atom. The minimum Gasteiger partial charge on any atom is -0.497 e. The predicted octanol–water partition coefficient (Wildman–Crippen LogP) is 4.88. The lowest BCUT2D eigenvalue weighted by Crippen LogP contribution is -2.12. The zero-order chi connectivity index (χ0) is 19.7. The first-order chi connectivity index (χ1) is 13.6. The van der Waals surface area contributed by atoms with Crippen molar-refractivity contribution in [3.05, 3.63) is 52.7 Å². The van der Waals surface area contributed by atoms with Crippen LogP contribution < -0.4 is 20.5 Å². The molecule has 1 aromatic carbocycles. The molecule has 4 rings (SSSR count). The Labute approximate surface area is 169 Å². The molecule has 6 nitrogen and oxygen atoms in total. The molecule has 3 N–H and O–H groups in total. The van der Waals surface area contributed by atoms with Gasteiger partial charge in [0.1, 0.15) is 21.2 Å². The molecule has 3 heterocycles. The topological polar surface area (TPSA) is 86.5 Å². The molecule has 0 aliphatic heterocycles. The number of fused-ring (bicyclic) bond motifs is 1. The van der Waals surface area contributed by atoms with Crippen LogP contribution in [0.4, 0.5) is 11.4 Å². The molecule has 0 aliphatic carbocycles. The minimum atomic E-state index is -0.315. The number of ether oxygens (including phenoxy) is 2. The molecular weight excluding hydrogens is 394 g/mol. The number of amides is 1. The van der Waals surface area contributed by atoms with E-state index in [1.807, 2.05) is 29.6 Å². The molecule has 0 bridgehead atoms. The number of carbonyl (C=O) groups excluding carboxylic acids is 1. The van der Waals surface area contributed by atoms with E-state index in [0.717, 1.165) is 20.8 Å². The van der Waals surface area contributed by atoms with Gasteiger partial charge in [-0.15, -0.1) is 22.7 Å². The molecule has 0 atom stereocenters. The van der Waals surface area contributed by atoms with Crippen LogP contribution in [0.1, 0.15) is 9.67 Å². The lowest BCUT2D eigenvalue weighted by Gasteiger charge is -2.11. The van der Waals surface area contributed by atoms with Gasteiger partial charge in [-0.2, -0.15) is 0 Å². The highest BCUT2D eigenvalue weighted by molar-refractivity contribution is 7.21. The smallest absolute Gasteiger partial charge is 0.268 e. The van der Waals surface area contributed by atoms with Crippen LogP contribution >= 0.6 is 22.7 Å². The van der Waals surface area contributed by atoms with Crippen molar-refractivity contribution in [2.45, 2.75) is 0 Å². The first kappa shape index (κ1) is 18.3. The monoisotopic (exact) mass is 411 g/mol. The average molecular weight is 412 g/mol. The molecular formula is C20H17N3O3S2. The summed E-state index contributed by atoms with van der Waals surface area (Å²) < 4.78 is 10.5. The van der Waals surface area contributed by atoms with Crippen LogP contribution in [0.15, 0.2) is 47.8 Å². The van der Waals surface area contributed by atoms with E-state index in [1.165, 1.54) is 11.3 Å². The van der Waals surface area contributed by atoms with Crippen LogP contribution in [0.25, 0.3) is 20.8 Å². The molecule has 0 saturated carbocycles. The number of hydrogen-bond donors (Lipinski definition) is 2. The Morgan fingerprint density at radius 2 is 2.00 bits per heavy atom. The molecule has 3 aromatic heterocycles. The van der Waals surface area contributed by atoms with Gasteiger partial charge >= 0.3 is 0 Å². The number of nitrogens with one attached hydrogen (secondary N) is 1. The Kier molecular flexibility index (Phi) is 4.89. The zero-order valence-corrected chi connectivity index (χ0v) is 16.8. The van der Waals surface area contributed by atoms with E-state index in [0.29, 0.717) is 27.8 Å². The number of nitrogens with two attached hydrogens (primary N) is 1. The fraction of sp³-hybridized carbons (Fsp3) is 0.100. The second kappa shape index (κ2) is 7.49. The summed E-state index contributed by atoms with van der Waals surface area (Å²) in [6, 6.07) is 13.0. The van der Waals surface area contributed by atoms with Gasteiger partial charge in [-0.05, 0) is 35.7 Å². The Balaban J connectivity index is 1.69. The van der Waals surface area contributed by atoms with Crippen molar-refractivity contribution >= 4 is 50.2 Å². The predicted molar refractivity (Wildman–Crippen MR) is 115 cm³/mol. The molecule has 0 fully saturated rings. The maximum atomic E-state index is 12.9. The van der Waals surface area contributed by atoms with Crippen LogP contribution in [-0.4, -0.2) is 25.1 Å². The number of carbonyl (C=O) groups is 1. The van der Waals surface area contributed by atoms with Gasteiger partial charge in [0.05, 0.1) is 36.2 Å². The summed E-state index contributed by atoms with van der Waals surface area (Å²) in [7, 11) is 3.11. The van der Waals surface area contributed by atoms with Crippen molar-refractivity contribution in [3.63, 3.8) is 0 Å². The average Bonchev–Trinajstić information content (AvgIpc) is 3.36. The van der Waals surface area contributed by atoms with Gasteiger partial charge in [0.25, 0.3) is 5.91 Å². The SMILES string of the molecule is COc1ccc(OC)c(NC(=O)c2sc3nc(-c4cccs4)ccc3c2N)c1. The van der Waals surface area contributed by atoms with Crippen molar-refractivity contribution in [1.29, 1.82) is 0 Å². The van der Waals surface area contributed by atoms with Crippen LogP contribution in [0, 0.1) is 0 Å². The first-order valence-corrected chi connectivity index (χ1v) is 10.1. The summed E-state index contributed by atoms with van der Waals surface area (Å²) in [5.74, 6) is 0.833. The van der Waals surface area contributed by atoms with Crippen molar-refractivity contribution in [3.8, 4) is 22.1 Å². The lowest BCUT2D eigenvalue weighted by atomic mass is 10.2. The standard InChI is InChI=1S/C20H17N3O3S2/c1-25-11-5-8-15(26-2)14(10-11)22-19(24)18-17(21)12-6-7-13(23-20(12)28-18)16-4-3-9-27-16/h3-10H,21H2,1-2H3,(H,22,24). The number of pyridine rings is 1. The van der Waals surface area contributed by atoms with Crippen molar-refractivity contribution in [2.24, 2.45) is 0 Å². The minimum absolute atomic E-state index is 0.315. The van der Waals surface area contributed by atoms with Gasteiger partial charge in [0.15, 0.2) is 0 Å². The number of anilines is 2. The lowest BCUT2D eigenvalue weighted by molar-refractivity contribution is 0.103. The molecule has 0 spiro atoms. The molecule has 4 aromatic rings. The van der Waals surface area contributed by atoms with Crippen LogP contribution in [-0.2, 0) is 0 Å². The van der Waals surface area contributed by atoms with E-state index in [-0.39, 0.29) is 5.91 Å². The number of aromatic nitrogens is 1. The number of thiophene rings is 2. The third kappa shape index (κ3) is 3.28. The first-order valence-electron chi connectivity index (χ1n) is 8.37. The Morgan fingerprint density at radius 3 is 2.71 bits per heavy atom. The second-order valence-corrected chi connectivity index (χ2v) is 7.84. The summed E-state index contributed by atoms with van der Waals surface area (Å²) in [5.41, 5.74) is 8.04. The fourth-order valence-electron chi connectivity index (χ4n) is 2.82. The maximum absolute atomic E-state index is 12.9. The molecule has 8 heteroatoms. The van der Waals surface area contributed by atoms with E-state index < -0.39 is 0 Å². The second-order valence-electron chi connectivity index (χ2n) is 5.89. The molecule has 0 aliphatic rings. The highest BCUT2D eigenvalue weighted by atomic mass is 32.1. The van der Waals surface area contributed by atoms with E-state index >= 15 is 0 Å². The largest absolute Gasteiger partial charge is 0.497 e. The maximum Gasteiger partial charge on any atom is 0.268 e. The zero-order valence-electron chi connectivity index (χ0n) is 15.2. The Bertz CT molecular complexity index is 1150. The number of nitrogens with zero attached hydrogens (tertiary/aromatic N) is 1. The molecule has 28 heavy (non-hydrogen) atoms. The van der Waals surface area contributed by atoms with E-state index in [9.17, 15) is 4.79 Å². The third-order valence-corrected chi connectivity index (χ3v) is 6.23. The van der Waals surface area contributed by atoms with Gasteiger partial charge in [0.2, 0.25) is 0 Å². The summed E-state index contributed by atoms with van der Waals surface area (Å²) in [5, 5.41) is 5.63. The van der Waals surface area contributed by atoms with Gasteiger partial charge < -0.3 is 20.5 Å². The van der Waals surface area contributed by atoms with Gasteiger partial charge in [-0.3, -0.25) is 4.79 Å². The van der Waals surface area contributed by atoms with Crippen LogP contribution in [0.3, 0.4) is 0 Å². The summed E-state index contributed by atoms with van der Waals surface area (Å²) >= 11 is 2.89. The molecule has 0 saturated heterocycles. The molecule has 142 valence electrons. The van der Waals surface area contributed by atoms with Crippen molar-refractivity contribution in [2.75, 3.05) is 25.3 Å². The van der Waals surface area contributed by atoms with E-state index in [1.54, 1.807) is 43.8 Å². The van der Waals surface area contributed by atoms with Gasteiger partial charge in [-0.25, -0.2) is 4.98 Å². The third-order valence-electron chi connectivity index (χ3n) is 4.23. The highest BCUT2D eigenvalue weighted by Crippen LogP contribution is 2.36. The quantitative estimate of drug-likeness (QED) is 0.489. The number of benzene rings is 1. The number of hydrogen-bond acceptors (Lipinski definition) is 7. The van der Waals surface area contributed by atoms with Crippen LogP contribution in [0.5, 0.6) is 11.5 Å². The molecule has 0 unspecified atom stereocenters. The van der Waals surface area contributed by atoms with Crippen molar-refractivity contribution < 1.29 is 14.3 Å². The number of rotatable bonds is 5. The summed E-state index contributed by atoms with van der Waals surface area (Å²) in [4.78, 5) is 19.8. The summed E-state index contributed by atoms with van der Waals surface area (Å²) in [6.07, 6.45) is 0. The molecule has 0 radical (unpaired) electrons. The number of nitrogen functional groups attached to an aromatic ring is 1. The summed E-state index contributed by atoms with van der Waals surface area (Å²) in [6.45, 7) is 0. The Hall–Kier alpha value is -3.10.